The number of ether oxygens (including phenoxy) is 1. The number of nitrogen functional groups attached to an aromatic ring is 1. The maximum absolute atomic E-state index is 13.2. The summed E-state index contributed by atoms with van der Waals surface area (Å²) in [6, 6.07) is 6.82. The van der Waals surface area contributed by atoms with Crippen LogP contribution in [0.15, 0.2) is 33.9 Å². The number of benzene rings is 1. The van der Waals surface area contributed by atoms with Crippen LogP contribution in [0.3, 0.4) is 0 Å². The largest absolute Gasteiger partial charge is 0.497 e. The predicted molar refractivity (Wildman–Crippen MR) is 116 cm³/mol. The summed E-state index contributed by atoms with van der Waals surface area (Å²) in [5, 5.41) is 2.99. The molecular weight excluding hydrogens is 386 g/mol. The summed E-state index contributed by atoms with van der Waals surface area (Å²) in [6.07, 6.45) is 0. The van der Waals surface area contributed by atoms with Crippen LogP contribution in [-0.2, 0) is 19.5 Å². The summed E-state index contributed by atoms with van der Waals surface area (Å²) in [4.78, 5) is 42.8. The van der Waals surface area contributed by atoms with Crippen molar-refractivity contribution in [1.29, 1.82) is 0 Å². The lowest BCUT2D eigenvalue weighted by molar-refractivity contribution is 0.102. The second-order valence-electron chi connectivity index (χ2n) is 8.08. The van der Waals surface area contributed by atoms with Crippen molar-refractivity contribution in [3.8, 4) is 5.75 Å². The lowest BCUT2D eigenvalue weighted by atomic mass is 9.82. The van der Waals surface area contributed by atoms with Crippen molar-refractivity contribution in [2.45, 2.75) is 26.2 Å². The first kappa shape index (κ1) is 21.1. The third-order valence-corrected chi connectivity index (χ3v) is 4.94. The number of rotatable bonds is 3. The second-order valence-corrected chi connectivity index (χ2v) is 8.08. The van der Waals surface area contributed by atoms with Crippen molar-refractivity contribution in [2.24, 2.45) is 14.1 Å². The van der Waals surface area contributed by atoms with Crippen LogP contribution in [0.1, 0.15) is 36.7 Å². The molecule has 0 fully saturated rings. The molecule has 0 saturated heterocycles. The van der Waals surface area contributed by atoms with Gasteiger partial charge in [-0.15, -0.1) is 0 Å². The van der Waals surface area contributed by atoms with Crippen LogP contribution in [0.2, 0.25) is 0 Å². The molecule has 3 N–H and O–H groups in total. The van der Waals surface area contributed by atoms with Crippen molar-refractivity contribution in [1.82, 2.24) is 14.1 Å². The molecule has 30 heavy (non-hydrogen) atoms. The first-order chi connectivity index (χ1) is 14.0. The minimum Gasteiger partial charge on any atom is -0.497 e. The lowest BCUT2D eigenvalue weighted by Crippen LogP contribution is -2.39. The average Bonchev–Trinajstić information content (AvgIpc) is 2.69. The van der Waals surface area contributed by atoms with Crippen molar-refractivity contribution in [3.63, 3.8) is 0 Å². The SMILES string of the molecule is COc1ccc(NC(=O)c2c(N)nc3c(c2C(C)(C)C)c(=O)n(C)c(=O)n3C)cc1. The fourth-order valence-electron chi connectivity index (χ4n) is 3.45. The molecule has 3 aromatic rings. The van der Waals surface area contributed by atoms with Gasteiger partial charge in [-0.3, -0.25) is 18.7 Å². The fourth-order valence-corrected chi connectivity index (χ4v) is 3.45. The van der Waals surface area contributed by atoms with Gasteiger partial charge in [-0.2, -0.15) is 0 Å². The third kappa shape index (κ3) is 3.42. The van der Waals surface area contributed by atoms with Crippen LogP contribution in [-0.4, -0.2) is 27.1 Å². The highest BCUT2D eigenvalue weighted by atomic mass is 16.5. The molecule has 3 rings (SSSR count). The maximum atomic E-state index is 13.2. The number of nitrogens with two attached hydrogens (primary N) is 1. The molecule has 0 aliphatic rings. The maximum Gasteiger partial charge on any atom is 0.332 e. The Morgan fingerprint density at radius 3 is 2.23 bits per heavy atom. The van der Waals surface area contributed by atoms with E-state index in [1.54, 1.807) is 31.4 Å². The molecule has 0 spiro atoms. The van der Waals surface area contributed by atoms with Gasteiger partial charge in [0.05, 0.1) is 18.1 Å². The van der Waals surface area contributed by atoms with Gasteiger partial charge in [-0.25, -0.2) is 9.78 Å². The van der Waals surface area contributed by atoms with E-state index < -0.39 is 22.6 Å². The molecule has 0 unspecified atom stereocenters. The molecule has 2 aromatic heterocycles. The summed E-state index contributed by atoms with van der Waals surface area (Å²) < 4.78 is 7.39. The van der Waals surface area contributed by atoms with Gasteiger partial charge in [0.1, 0.15) is 11.6 Å². The van der Waals surface area contributed by atoms with Gasteiger partial charge in [0, 0.05) is 19.8 Å². The van der Waals surface area contributed by atoms with Crippen LogP contribution in [0.5, 0.6) is 5.75 Å². The Morgan fingerprint density at radius 1 is 1.10 bits per heavy atom. The Morgan fingerprint density at radius 2 is 1.70 bits per heavy atom. The number of amides is 1. The van der Waals surface area contributed by atoms with Crippen molar-refractivity contribution in [2.75, 3.05) is 18.2 Å². The van der Waals surface area contributed by atoms with Gasteiger partial charge in [0.2, 0.25) is 0 Å². The molecule has 2 heterocycles. The molecule has 0 aliphatic carbocycles. The Labute approximate surface area is 173 Å². The first-order valence-electron chi connectivity index (χ1n) is 9.32. The quantitative estimate of drug-likeness (QED) is 0.678. The number of hydrogen-bond donors (Lipinski definition) is 2. The van der Waals surface area contributed by atoms with Crippen LogP contribution >= 0.6 is 0 Å². The fraction of sp³-hybridized carbons (Fsp3) is 0.333. The summed E-state index contributed by atoms with van der Waals surface area (Å²) in [5.41, 5.74) is 5.73. The van der Waals surface area contributed by atoms with Crippen molar-refractivity contribution < 1.29 is 9.53 Å². The Balaban J connectivity index is 2.31. The average molecular weight is 411 g/mol. The Hall–Kier alpha value is -3.62. The molecule has 0 atom stereocenters. The number of carbonyl (C=O) groups is 1. The van der Waals surface area contributed by atoms with E-state index in [9.17, 15) is 14.4 Å². The van der Waals surface area contributed by atoms with E-state index >= 15 is 0 Å². The molecule has 9 nitrogen and oxygen atoms in total. The number of methoxy groups -OCH3 is 1. The van der Waals surface area contributed by atoms with E-state index in [4.69, 9.17) is 10.5 Å². The standard InChI is InChI=1S/C21H25N5O4/c1-21(2,3)15-13(18(27)23-11-7-9-12(30-6)10-8-11)16(22)24-17-14(15)19(28)26(5)20(29)25(17)4/h7-10H,1-6H3,(H2,22,24)(H,23,27). The zero-order chi connectivity index (χ0) is 22.4. The first-order valence-corrected chi connectivity index (χ1v) is 9.32. The molecule has 0 radical (unpaired) electrons. The van der Waals surface area contributed by atoms with E-state index in [0.717, 1.165) is 4.57 Å². The van der Waals surface area contributed by atoms with Crippen molar-refractivity contribution >= 4 is 28.4 Å². The number of nitrogens with one attached hydrogen (secondary N) is 1. The van der Waals surface area contributed by atoms with Crippen LogP contribution in [0, 0.1) is 0 Å². The Bertz CT molecular complexity index is 1260. The summed E-state index contributed by atoms with van der Waals surface area (Å²) >= 11 is 0. The van der Waals surface area contributed by atoms with Gasteiger partial charge in [-0.05, 0) is 35.2 Å². The van der Waals surface area contributed by atoms with E-state index in [2.05, 4.69) is 10.3 Å². The highest BCUT2D eigenvalue weighted by molar-refractivity contribution is 6.11. The summed E-state index contributed by atoms with van der Waals surface area (Å²) in [5.74, 6) is 0.106. The number of carbonyl (C=O) groups excluding carboxylic acids is 1. The smallest absolute Gasteiger partial charge is 0.332 e. The van der Waals surface area contributed by atoms with Gasteiger partial charge in [0.25, 0.3) is 11.5 Å². The molecule has 9 heteroatoms. The number of fused-ring (bicyclic) bond motifs is 1. The third-order valence-electron chi connectivity index (χ3n) is 4.94. The highest BCUT2D eigenvalue weighted by Gasteiger charge is 2.31. The Kier molecular flexibility index (Phi) is 5.15. The number of anilines is 2. The number of pyridine rings is 1. The monoisotopic (exact) mass is 411 g/mol. The highest BCUT2D eigenvalue weighted by Crippen LogP contribution is 2.33. The molecule has 1 amide bonds. The summed E-state index contributed by atoms with van der Waals surface area (Å²) in [6.45, 7) is 5.61. The topological polar surface area (TPSA) is 121 Å². The molecule has 0 saturated carbocycles. The molecule has 0 bridgehead atoms. The van der Waals surface area contributed by atoms with Crippen LogP contribution in [0.4, 0.5) is 11.5 Å². The molecular formula is C21H25N5O4. The van der Waals surface area contributed by atoms with E-state index in [0.29, 0.717) is 17.0 Å². The molecule has 158 valence electrons. The van der Waals surface area contributed by atoms with Crippen molar-refractivity contribution in [3.05, 3.63) is 56.2 Å². The van der Waals surface area contributed by atoms with Crippen LogP contribution in [0.25, 0.3) is 11.0 Å². The summed E-state index contributed by atoms with van der Waals surface area (Å²) in [7, 11) is 4.46. The van der Waals surface area contributed by atoms with Crippen LogP contribution < -0.4 is 27.0 Å². The number of aromatic nitrogens is 3. The number of hydrogen-bond acceptors (Lipinski definition) is 6. The zero-order valence-electron chi connectivity index (χ0n) is 17.9. The second kappa shape index (κ2) is 7.33. The minimum absolute atomic E-state index is 0.0540. The predicted octanol–water partition coefficient (Wildman–Crippen LogP) is 1.77. The zero-order valence-corrected chi connectivity index (χ0v) is 17.9. The molecule has 0 aliphatic heterocycles. The minimum atomic E-state index is -0.633. The van der Waals surface area contributed by atoms with Gasteiger partial charge in [-0.1, -0.05) is 20.8 Å². The number of nitrogens with zero attached hydrogens (tertiary/aromatic N) is 3. The normalized spacial score (nSPS) is 11.5. The van der Waals surface area contributed by atoms with E-state index in [-0.39, 0.29) is 22.4 Å². The number of aryl methyl sites for hydroxylation is 1. The lowest BCUT2D eigenvalue weighted by Gasteiger charge is -2.25. The van der Waals surface area contributed by atoms with Gasteiger partial charge >= 0.3 is 5.69 Å². The van der Waals surface area contributed by atoms with E-state index in [1.807, 2.05) is 20.8 Å². The van der Waals surface area contributed by atoms with Gasteiger partial charge in [0.15, 0.2) is 5.65 Å². The molecule has 1 aromatic carbocycles. The van der Waals surface area contributed by atoms with E-state index in [1.165, 1.54) is 18.7 Å². The van der Waals surface area contributed by atoms with Gasteiger partial charge < -0.3 is 15.8 Å².